The number of anilines is 1. The van der Waals surface area contributed by atoms with Gasteiger partial charge in [0.1, 0.15) is 11.8 Å². The van der Waals surface area contributed by atoms with E-state index in [-0.39, 0.29) is 41.0 Å². The highest BCUT2D eigenvalue weighted by atomic mass is 35.5. The molecule has 0 bridgehead atoms. The number of aromatic nitrogens is 2. The van der Waals surface area contributed by atoms with Gasteiger partial charge in [-0.3, -0.25) is 4.31 Å². The molecule has 0 spiro atoms. The van der Waals surface area contributed by atoms with Crippen LogP contribution in [-0.4, -0.2) is 51.7 Å². The number of hydrogen-bond acceptors (Lipinski definition) is 7. The molecule has 0 N–H and O–H groups in total. The number of benzene rings is 1. The third-order valence-corrected chi connectivity index (χ3v) is 5.12. The van der Waals surface area contributed by atoms with Crippen molar-refractivity contribution in [3.05, 3.63) is 16.7 Å². The normalized spacial score (nSPS) is 11.4. The Morgan fingerprint density at radius 1 is 1.24 bits per heavy atom. The highest BCUT2D eigenvalue weighted by Gasteiger charge is 2.26. The van der Waals surface area contributed by atoms with Crippen molar-refractivity contribution in [3.63, 3.8) is 0 Å². The number of nitrogens with zero attached hydrogens (tertiary/aromatic N) is 3. The van der Waals surface area contributed by atoms with Gasteiger partial charge in [0.25, 0.3) is 11.8 Å². The van der Waals surface area contributed by atoms with Gasteiger partial charge >= 0.3 is 0 Å². The SMILES string of the molecule is COc1nc2cc(C)c(Cl)c(N(CCC=O)S(C)(=O)=O)c2nc1OC. The summed E-state index contributed by atoms with van der Waals surface area (Å²) in [5, 5.41) is 0.213. The molecule has 0 aliphatic carbocycles. The highest BCUT2D eigenvalue weighted by Crippen LogP contribution is 2.39. The summed E-state index contributed by atoms with van der Waals surface area (Å²) in [5.74, 6) is 0.265. The van der Waals surface area contributed by atoms with E-state index in [1.807, 2.05) is 0 Å². The third-order valence-electron chi connectivity index (χ3n) is 3.48. The van der Waals surface area contributed by atoms with Crippen molar-refractivity contribution in [2.75, 3.05) is 31.3 Å². The first-order valence-electron chi connectivity index (χ1n) is 7.24. The van der Waals surface area contributed by atoms with Gasteiger partial charge in [-0.1, -0.05) is 11.6 Å². The lowest BCUT2D eigenvalue weighted by atomic mass is 10.1. The molecule has 1 heterocycles. The molecule has 25 heavy (non-hydrogen) atoms. The van der Waals surface area contributed by atoms with E-state index in [4.69, 9.17) is 21.1 Å². The summed E-state index contributed by atoms with van der Waals surface area (Å²) in [7, 11) is -0.883. The lowest BCUT2D eigenvalue weighted by molar-refractivity contribution is -0.107. The molecule has 2 aromatic rings. The lowest BCUT2D eigenvalue weighted by Crippen LogP contribution is -2.32. The first-order chi connectivity index (χ1) is 11.7. The predicted molar refractivity (Wildman–Crippen MR) is 95.3 cm³/mol. The zero-order valence-electron chi connectivity index (χ0n) is 14.2. The number of carbonyl (C=O) groups excluding carboxylic acids is 1. The Labute approximate surface area is 150 Å². The van der Waals surface area contributed by atoms with Crippen LogP contribution in [0.15, 0.2) is 6.07 Å². The standard InChI is InChI=1S/C15H18ClN3O5S/c1-9-8-10-12(18-15(24-3)14(17-10)23-2)13(11(9)16)19(6-5-7-20)25(4,21)22/h7-8H,5-6H2,1-4H3. The molecule has 1 aromatic carbocycles. The van der Waals surface area contributed by atoms with Crippen LogP contribution in [0.1, 0.15) is 12.0 Å². The molecule has 0 radical (unpaired) electrons. The summed E-state index contributed by atoms with van der Waals surface area (Å²) in [6.07, 6.45) is 1.69. The number of sulfonamides is 1. The number of aryl methyl sites for hydroxylation is 1. The number of aldehydes is 1. The molecule has 0 amide bonds. The van der Waals surface area contributed by atoms with Gasteiger partial charge in [-0.2, -0.15) is 0 Å². The minimum absolute atomic E-state index is 0.0134. The second kappa shape index (κ2) is 7.40. The van der Waals surface area contributed by atoms with Crippen LogP contribution in [0.5, 0.6) is 11.8 Å². The molecule has 8 nitrogen and oxygen atoms in total. The Morgan fingerprint density at radius 2 is 1.84 bits per heavy atom. The van der Waals surface area contributed by atoms with Crippen molar-refractivity contribution in [2.45, 2.75) is 13.3 Å². The fourth-order valence-electron chi connectivity index (χ4n) is 2.36. The first-order valence-corrected chi connectivity index (χ1v) is 9.47. The molecule has 136 valence electrons. The van der Waals surface area contributed by atoms with Crippen LogP contribution in [0.2, 0.25) is 5.02 Å². The number of hydrogen-bond donors (Lipinski definition) is 0. The molecule has 0 aliphatic heterocycles. The summed E-state index contributed by atoms with van der Waals surface area (Å²) in [6.45, 7) is 1.67. The monoisotopic (exact) mass is 387 g/mol. The van der Waals surface area contributed by atoms with Crippen molar-refractivity contribution in [3.8, 4) is 11.8 Å². The molecule has 0 unspecified atom stereocenters. The molecular formula is C15H18ClN3O5S. The molecule has 1 aromatic heterocycles. The summed E-state index contributed by atoms with van der Waals surface area (Å²) >= 11 is 6.39. The Hall–Kier alpha value is -2.13. The minimum atomic E-state index is -3.71. The van der Waals surface area contributed by atoms with Crippen LogP contribution in [0.4, 0.5) is 5.69 Å². The van der Waals surface area contributed by atoms with Crippen molar-refractivity contribution in [1.29, 1.82) is 0 Å². The Morgan fingerprint density at radius 3 is 2.36 bits per heavy atom. The van der Waals surface area contributed by atoms with Crippen molar-refractivity contribution in [2.24, 2.45) is 0 Å². The van der Waals surface area contributed by atoms with E-state index in [0.717, 1.165) is 10.6 Å². The second-order valence-corrected chi connectivity index (χ2v) is 7.54. The summed E-state index contributed by atoms with van der Waals surface area (Å²) in [6, 6.07) is 1.68. The number of ether oxygens (including phenoxy) is 2. The molecular weight excluding hydrogens is 370 g/mol. The van der Waals surface area contributed by atoms with Crippen LogP contribution in [0.25, 0.3) is 11.0 Å². The molecule has 0 saturated carbocycles. The molecule has 0 fully saturated rings. The van der Waals surface area contributed by atoms with Gasteiger partial charge < -0.3 is 14.3 Å². The summed E-state index contributed by atoms with van der Waals surface area (Å²) < 4.78 is 35.9. The van der Waals surface area contributed by atoms with E-state index in [1.165, 1.54) is 14.2 Å². The van der Waals surface area contributed by atoms with E-state index in [9.17, 15) is 13.2 Å². The van der Waals surface area contributed by atoms with Gasteiger partial charge in [0.15, 0.2) is 0 Å². The number of fused-ring (bicyclic) bond motifs is 1. The van der Waals surface area contributed by atoms with Gasteiger partial charge in [0.05, 0.1) is 36.7 Å². The zero-order chi connectivity index (χ0) is 18.8. The minimum Gasteiger partial charge on any atom is -0.477 e. The molecule has 0 saturated heterocycles. The second-order valence-electron chi connectivity index (χ2n) is 5.26. The van der Waals surface area contributed by atoms with E-state index in [2.05, 4.69) is 9.97 Å². The number of rotatable bonds is 7. The molecule has 2 rings (SSSR count). The maximum Gasteiger partial charge on any atom is 0.278 e. The average Bonchev–Trinajstić information content (AvgIpc) is 2.56. The quantitative estimate of drug-likeness (QED) is 0.669. The van der Waals surface area contributed by atoms with E-state index in [0.29, 0.717) is 17.4 Å². The number of methoxy groups -OCH3 is 2. The Balaban J connectivity index is 2.88. The Kier molecular flexibility index (Phi) is 5.69. The molecule has 0 atom stereocenters. The maximum atomic E-state index is 12.3. The van der Waals surface area contributed by atoms with E-state index < -0.39 is 10.0 Å². The molecule has 0 aliphatic rings. The van der Waals surface area contributed by atoms with Crippen molar-refractivity contribution in [1.82, 2.24) is 9.97 Å². The highest BCUT2D eigenvalue weighted by molar-refractivity contribution is 7.92. The van der Waals surface area contributed by atoms with Crippen LogP contribution in [-0.2, 0) is 14.8 Å². The van der Waals surface area contributed by atoms with E-state index in [1.54, 1.807) is 13.0 Å². The smallest absolute Gasteiger partial charge is 0.278 e. The predicted octanol–water partition coefficient (Wildman–Crippen LogP) is 1.96. The third kappa shape index (κ3) is 3.77. The zero-order valence-corrected chi connectivity index (χ0v) is 15.8. The fraction of sp³-hybridized carbons (Fsp3) is 0.400. The summed E-state index contributed by atoms with van der Waals surface area (Å²) in [4.78, 5) is 19.4. The van der Waals surface area contributed by atoms with Crippen molar-refractivity contribution >= 4 is 44.6 Å². The van der Waals surface area contributed by atoms with Crippen LogP contribution in [0.3, 0.4) is 0 Å². The summed E-state index contributed by atoms with van der Waals surface area (Å²) in [5.41, 5.74) is 1.42. The van der Waals surface area contributed by atoms with Gasteiger partial charge in [0, 0.05) is 13.0 Å². The van der Waals surface area contributed by atoms with Crippen molar-refractivity contribution < 1.29 is 22.7 Å². The Bertz CT molecular complexity index is 917. The van der Waals surface area contributed by atoms with Crippen LogP contribution >= 0.6 is 11.6 Å². The molecule has 10 heteroatoms. The van der Waals surface area contributed by atoms with Gasteiger partial charge in [-0.25, -0.2) is 18.4 Å². The maximum absolute atomic E-state index is 12.3. The van der Waals surface area contributed by atoms with Crippen LogP contribution < -0.4 is 13.8 Å². The lowest BCUT2D eigenvalue weighted by Gasteiger charge is -2.24. The average molecular weight is 388 g/mol. The number of halogens is 1. The first kappa shape index (κ1) is 19.2. The van der Waals surface area contributed by atoms with E-state index >= 15 is 0 Å². The topological polar surface area (TPSA) is 98.7 Å². The fourth-order valence-corrected chi connectivity index (χ4v) is 3.60. The van der Waals surface area contributed by atoms with Gasteiger partial charge in [0.2, 0.25) is 10.0 Å². The number of carbonyl (C=O) groups is 1. The largest absolute Gasteiger partial charge is 0.477 e. The van der Waals surface area contributed by atoms with Crippen LogP contribution in [0, 0.1) is 6.92 Å². The van der Waals surface area contributed by atoms with Gasteiger partial charge in [-0.15, -0.1) is 0 Å². The van der Waals surface area contributed by atoms with Gasteiger partial charge in [-0.05, 0) is 18.6 Å².